The van der Waals surface area contributed by atoms with Crippen molar-refractivity contribution >= 4 is 29.0 Å². The van der Waals surface area contributed by atoms with Crippen LogP contribution in [-0.2, 0) is 5.41 Å². The van der Waals surface area contributed by atoms with Crippen molar-refractivity contribution in [3.05, 3.63) is 35.9 Å². The van der Waals surface area contributed by atoms with E-state index in [1.165, 1.54) is 6.42 Å². The van der Waals surface area contributed by atoms with Crippen LogP contribution in [0.4, 0.5) is 17.5 Å². The van der Waals surface area contributed by atoms with E-state index in [-0.39, 0.29) is 11.3 Å². The summed E-state index contributed by atoms with van der Waals surface area (Å²) in [7, 11) is 4.08. The summed E-state index contributed by atoms with van der Waals surface area (Å²) in [5.41, 5.74) is 3.27. The number of fused-ring (bicyclic) bond motifs is 4. The van der Waals surface area contributed by atoms with Crippen LogP contribution in [0.15, 0.2) is 24.7 Å². The van der Waals surface area contributed by atoms with E-state index in [9.17, 15) is 4.79 Å². The molecule has 0 unspecified atom stereocenters. The molecule has 3 aromatic rings. The Morgan fingerprint density at radius 2 is 1.85 bits per heavy atom. The number of hydrogen-bond donors (Lipinski definition) is 1. The van der Waals surface area contributed by atoms with Gasteiger partial charge in [0.15, 0.2) is 11.3 Å². The highest BCUT2D eigenvalue weighted by Crippen LogP contribution is 2.44. The molecule has 10 heteroatoms. The first kappa shape index (κ1) is 21.3. The summed E-state index contributed by atoms with van der Waals surface area (Å²) in [5, 5.41) is 7.63. The van der Waals surface area contributed by atoms with Crippen molar-refractivity contribution in [2.75, 3.05) is 56.6 Å². The van der Waals surface area contributed by atoms with Gasteiger partial charge in [0.05, 0.1) is 11.9 Å². The van der Waals surface area contributed by atoms with Crippen molar-refractivity contribution in [3.63, 3.8) is 0 Å². The number of piperazine rings is 1. The van der Waals surface area contributed by atoms with Crippen molar-refractivity contribution in [3.8, 4) is 0 Å². The molecule has 3 aliphatic rings. The Bertz CT molecular complexity index is 1210. The van der Waals surface area contributed by atoms with Gasteiger partial charge in [-0.15, -0.1) is 0 Å². The van der Waals surface area contributed by atoms with Gasteiger partial charge in [-0.05, 0) is 32.0 Å². The number of amides is 1. The lowest BCUT2D eigenvalue weighted by molar-refractivity contribution is 0.0907. The average Bonchev–Trinajstić information content (AvgIpc) is 3.28. The first-order valence-electron chi connectivity index (χ1n) is 12.2. The van der Waals surface area contributed by atoms with Crippen molar-refractivity contribution < 1.29 is 4.79 Å². The zero-order valence-electron chi connectivity index (χ0n) is 19.9. The smallest absolute Gasteiger partial charge is 0.272 e. The standard InChI is InChI=1S/C24H31N9O/c1-30-10-12-32(13-11-30)17-6-7-18(25-14-17)31(2)23-27-16-33-21(28-23)19-20(29-33)22(34)26-15-24(19)8-4-3-5-9-24/h6-7,14,16H,3-5,8-13,15H2,1-2H3,(H,26,34). The van der Waals surface area contributed by atoms with E-state index in [1.807, 2.05) is 24.2 Å². The summed E-state index contributed by atoms with van der Waals surface area (Å²) in [5.74, 6) is 1.21. The number of nitrogens with one attached hydrogen (secondary N) is 1. The highest BCUT2D eigenvalue weighted by Gasteiger charge is 2.44. The fourth-order valence-corrected chi connectivity index (χ4v) is 5.66. The van der Waals surface area contributed by atoms with E-state index in [4.69, 9.17) is 9.97 Å². The second-order valence-corrected chi connectivity index (χ2v) is 9.90. The second kappa shape index (κ2) is 8.19. The molecule has 1 N–H and O–H groups in total. The van der Waals surface area contributed by atoms with E-state index in [0.717, 1.165) is 74.6 Å². The molecule has 0 atom stereocenters. The SMILES string of the molecule is CN1CCN(c2ccc(N(C)c3ncn4nc5c(c4n3)C3(CCCCC3)CNC5=O)nc2)CC1. The maximum Gasteiger partial charge on any atom is 0.272 e. The highest BCUT2D eigenvalue weighted by molar-refractivity contribution is 5.97. The zero-order valence-corrected chi connectivity index (χ0v) is 19.9. The lowest BCUT2D eigenvalue weighted by Crippen LogP contribution is -2.47. The van der Waals surface area contributed by atoms with Gasteiger partial charge in [-0.1, -0.05) is 19.3 Å². The minimum Gasteiger partial charge on any atom is -0.368 e. The van der Waals surface area contributed by atoms with Gasteiger partial charge in [-0.3, -0.25) is 9.69 Å². The molecule has 34 heavy (non-hydrogen) atoms. The maximum absolute atomic E-state index is 12.6. The summed E-state index contributed by atoms with van der Waals surface area (Å²) in [6, 6.07) is 4.13. The Morgan fingerprint density at radius 1 is 1.06 bits per heavy atom. The van der Waals surface area contributed by atoms with Gasteiger partial charge in [0.2, 0.25) is 5.95 Å². The summed E-state index contributed by atoms with van der Waals surface area (Å²) in [6.07, 6.45) is 9.25. The average molecular weight is 462 g/mol. The molecule has 1 saturated carbocycles. The molecule has 0 bridgehead atoms. The molecule has 3 aromatic heterocycles. The predicted octanol–water partition coefficient (Wildman–Crippen LogP) is 1.98. The number of carbonyl (C=O) groups excluding carboxylic acids is 1. The third-order valence-corrected chi connectivity index (χ3v) is 7.76. The molecule has 1 spiro atoms. The largest absolute Gasteiger partial charge is 0.368 e. The van der Waals surface area contributed by atoms with Gasteiger partial charge in [0.1, 0.15) is 12.1 Å². The number of rotatable bonds is 3. The quantitative estimate of drug-likeness (QED) is 0.633. The Balaban J connectivity index is 1.32. The number of carbonyl (C=O) groups is 1. The molecule has 0 radical (unpaired) electrons. The molecular weight excluding hydrogens is 430 g/mol. The summed E-state index contributed by atoms with van der Waals surface area (Å²) in [4.78, 5) is 33.4. The van der Waals surface area contributed by atoms with E-state index in [0.29, 0.717) is 18.2 Å². The molecule has 178 valence electrons. The lowest BCUT2D eigenvalue weighted by Gasteiger charge is -2.39. The number of pyridine rings is 1. The number of anilines is 3. The number of aromatic nitrogens is 5. The topological polar surface area (TPSA) is 94.8 Å². The minimum absolute atomic E-state index is 0.0875. The Kier molecular flexibility index (Phi) is 5.13. The molecule has 0 aromatic carbocycles. The first-order valence-corrected chi connectivity index (χ1v) is 12.2. The third kappa shape index (κ3) is 3.48. The Hall–Kier alpha value is -3.27. The minimum atomic E-state index is -0.118. The van der Waals surface area contributed by atoms with Crippen LogP contribution in [0, 0.1) is 0 Å². The fourth-order valence-electron chi connectivity index (χ4n) is 5.66. The van der Waals surface area contributed by atoms with E-state index < -0.39 is 0 Å². The highest BCUT2D eigenvalue weighted by atomic mass is 16.2. The monoisotopic (exact) mass is 461 g/mol. The predicted molar refractivity (Wildman–Crippen MR) is 130 cm³/mol. The summed E-state index contributed by atoms with van der Waals surface area (Å²) < 4.78 is 1.66. The molecule has 1 amide bonds. The number of hydrogen-bond acceptors (Lipinski definition) is 8. The van der Waals surface area contributed by atoms with E-state index >= 15 is 0 Å². The molecular formula is C24H31N9O. The molecule has 1 saturated heterocycles. The van der Waals surface area contributed by atoms with Crippen LogP contribution in [0.5, 0.6) is 0 Å². The lowest BCUT2D eigenvalue weighted by atomic mass is 9.68. The number of likely N-dealkylation sites (N-methyl/N-ethyl adjacent to an activating group) is 1. The van der Waals surface area contributed by atoms with Crippen LogP contribution in [-0.4, -0.2) is 82.2 Å². The maximum atomic E-state index is 12.6. The van der Waals surface area contributed by atoms with E-state index in [1.54, 1.807) is 10.8 Å². The van der Waals surface area contributed by atoms with Crippen molar-refractivity contribution in [2.45, 2.75) is 37.5 Å². The molecule has 6 rings (SSSR count). The van der Waals surface area contributed by atoms with Crippen LogP contribution >= 0.6 is 0 Å². The molecule has 2 fully saturated rings. The van der Waals surface area contributed by atoms with Gasteiger partial charge in [0, 0.05) is 50.7 Å². The third-order valence-electron chi connectivity index (χ3n) is 7.76. The first-order chi connectivity index (χ1) is 16.5. The Labute approximate surface area is 199 Å². The molecule has 5 heterocycles. The summed E-state index contributed by atoms with van der Waals surface area (Å²) >= 11 is 0. The van der Waals surface area contributed by atoms with Crippen LogP contribution in [0.3, 0.4) is 0 Å². The molecule has 10 nitrogen and oxygen atoms in total. The molecule has 1 aliphatic carbocycles. The van der Waals surface area contributed by atoms with Gasteiger partial charge < -0.3 is 15.1 Å². The van der Waals surface area contributed by atoms with Crippen LogP contribution in [0.1, 0.15) is 48.2 Å². The zero-order chi connectivity index (χ0) is 23.3. The van der Waals surface area contributed by atoms with Crippen molar-refractivity contribution in [1.82, 2.24) is 34.8 Å². The van der Waals surface area contributed by atoms with Gasteiger partial charge in [0.25, 0.3) is 5.91 Å². The van der Waals surface area contributed by atoms with E-state index in [2.05, 4.69) is 38.3 Å². The van der Waals surface area contributed by atoms with Gasteiger partial charge in [-0.2, -0.15) is 10.1 Å². The van der Waals surface area contributed by atoms with Crippen LogP contribution in [0.2, 0.25) is 0 Å². The van der Waals surface area contributed by atoms with Crippen molar-refractivity contribution in [2.24, 2.45) is 0 Å². The molecule has 2 aliphatic heterocycles. The summed E-state index contributed by atoms with van der Waals surface area (Å²) in [6.45, 7) is 4.80. The van der Waals surface area contributed by atoms with Crippen LogP contribution < -0.4 is 15.1 Å². The van der Waals surface area contributed by atoms with Gasteiger partial charge in [-0.25, -0.2) is 14.5 Å². The normalized spacial score (nSPS) is 20.4. The second-order valence-electron chi connectivity index (χ2n) is 9.90. The van der Waals surface area contributed by atoms with Crippen LogP contribution in [0.25, 0.3) is 5.65 Å². The van der Waals surface area contributed by atoms with Gasteiger partial charge >= 0.3 is 0 Å². The Morgan fingerprint density at radius 3 is 2.59 bits per heavy atom. The number of nitrogens with zero attached hydrogens (tertiary/aromatic N) is 8. The fraction of sp³-hybridized carbons (Fsp3) is 0.542. The van der Waals surface area contributed by atoms with Crippen molar-refractivity contribution in [1.29, 1.82) is 0 Å².